The number of nitrogen functional groups attached to an aromatic ring is 1. The Bertz CT molecular complexity index is 518. The fourth-order valence-electron chi connectivity index (χ4n) is 2.07. The maximum atomic E-state index is 5.95. The van der Waals surface area contributed by atoms with Gasteiger partial charge in [0.25, 0.3) is 0 Å². The van der Waals surface area contributed by atoms with Gasteiger partial charge >= 0.3 is 0 Å². The molecule has 3 nitrogen and oxygen atoms in total. The summed E-state index contributed by atoms with van der Waals surface area (Å²) < 4.78 is 0. The lowest BCUT2D eigenvalue weighted by molar-refractivity contribution is 0.908. The van der Waals surface area contributed by atoms with Crippen LogP contribution in [0.1, 0.15) is 31.4 Å². The highest BCUT2D eigenvalue weighted by molar-refractivity contribution is 5.67. The van der Waals surface area contributed by atoms with Gasteiger partial charge in [-0.2, -0.15) is 0 Å². The van der Waals surface area contributed by atoms with Gasteiger partial charge in [0.05, 0.1) is 5.69 Å². The summed E-state index contributed by atoms with van der Waals surface area (Å²) in [5.74, 6) is 0.599. The largest absolute Gasteiger partial charge is 0.383 e. The minimum absolute atomic E-state index is 0.599. The smallest absolute Gasteiger partial charge is 0.130 e. The molecule has 0 aliphatic heterocycles. The van der Waals surface area contributed by atoms with Crippen molar-refractivity contribution in [2.75, 3.05) is 5.73 Å². The van der Waals surface area contributed by atoms with Crippen molar-refractivity contribution in [1.82, 2.24) is 9.97 Å². The number of hydrogen-bond acceptors (Lipinski definition) is 3. The summed E-state index contributed by atoms with van der Waals surface area (Å²) in [5, 5.41) is 0. The van der Waals surface area contributed by atoms with Crippen LogP contribution in [0.2, 0.25) is 0 Å². The van der Waals surface area contributed by atoms with Crippen LogP contribution in [0, 0.1) is 0 Å². The minimum atomic E-state index is 0.599. The van der Waals surface area contributed by atoms with Gasteiger partial charge in [-0.15, -0.1) is 0 Å². The average molecular weight is 241 g/mol. The van der Waals surface area contributed by atoms with E-state index in [0.29, 0.717) is 5.82 Å². The van der Waals surface area contributed by atoms with Crippen LogP contribution in [-0.2, 0) is 12.8 Å². The van der Waals surface area contributed by atoms with Gasteiger partial charge in [-0.1, -0.05) is 44.5 Å². The first-order chi connectivity index (χ1) is 8.76. The predicted octanol–water partition coefficient (Wildman–Crippen LogP) is 3.24. The molecule has 0 aliphatic rings. The highest BCUT2D eigenvalue weighted by atomic mass is 14.9. The lowest BCUT2D eigenvalue weighted by atomic mass is 10.0. The first kappa shape index (κ1) is 12.6. The molecule has 1 heterocycles. The van der Waals surface area contributed by atoms with Crippen LogP contribution < -0.4 is 5.73 Å². The molecular weight excluding hydrogens is 222 g/mol. The van der Waals surface area contributed by atoms with E-state index in [1.165, 1.54) is 11.9 Å². The number of rotatable bonds is 4. The third kappa shape index (κ3) is 2.50. The third-order valence-electron chi connectivity index (χ3n) is 3.11. The minimum Gasteiger partial charge on any atom is -0.383 e. The monoisotopic (exact) mass is 241 g/mol. The van der Waals surface area contributed by atoms with E-state index in [1.807, 2.05) is 0 Å². The molecule has 94 valence electrons. The second kappa shape index (κ2) is 5.63. The molecule has 0 saturated carbocycles. The second-order valence-electron chi connectivity index (χ2n) is 4.39. The van der Waals surface area contributed by atoms with Crippen LogP contribution in [0.3, 0.4) is 0 Å². The van der Waals surface area contributed by atoms with E-state index in [2.05, 4.69) is 48.1 Å². The molecule has 0 fully saturated rings. The van der Waals surface area contributed by atoms with Crippen molar-refractivity contribution in [3.63, 3.8) is 0 Å². The number of aromatic nitrogens is 2. The number of benzene rings is 1. The standard InChI is InChI=1S/C15H19N3/c1-3-5-13-14(17-10-18-15(13)16)12-8-6-11(4-2)7-9-12/h6-10H,3-5H2,1-2H3,(H2,16,17,18). The Kier molecular flexibility index (Phi) is 3.92. The zero-order chi connectivity index (χ0) is 13.0. The van der Waals surface area contributed by atoms with E-state index in [9.17, 15) is 0 Å². The zero-order valence-corrected chi connectivity index (χ0v) is 11.0. The van der Waals surface area contributed by atoms with Gasteiger partial charge in [0.15, 0.2) is 0 Å². The van der Waals surface area contributed by atoms with E-state index in [-0.39, 0.29) is 0 Å². The van der Waals surface area contributed by atoms with E-state index < -0.39 is 0 Å². The van der Waals surface area contributed by atoms with E-state index in [4.69, 9.17) is 5.73 Å². The first-order valence-electron chi connectivity index (χ1n) is 6.44. The number of aryl methyl sites for hydroxylation is 1. The summed E-state index contributed by atoms with van der Waals surface area (Å²) in [5.41, 5.74) is 10.4. The lowest BCUT2D eigenvalue weighted by Gasteiger charge is -2.10. The Labute approximate surface area is 108 Å². The molecule has 0 bridgehead atoms. The zero-order valence-electron chi connectivity index (χ0n) is 11.0. The predicted molar refractivity (Wildman–Crippen MR) is 75.3 cm³/mol. The van der Waals surface area contributed by atoms with Gasteiger partial charge in [-0.05, 0) is 18.4 Å². The molecule has 1 aromatic heterocycles. The molecule has 0 spiro atoms. The van der Waals surface area contributed by atoms with Crippen LogP contribution in [0.15, 0.2) is 30.6 Å². The summed E-state index contributed by atoms with van der Waals surface area (Å²) in [6.45, 7) is 4.29. The molecule has 1 aromatic carbocycles. The van der Waals surface area contributed by atoms with Crippen molar-refractivity contribution < 1.29 is 0 Å². The van der Waals surface area contributed by atoms with Gasteiger partial charge in [-0.3, -0.25) is 0 Å². The molecular formula is C15H19N3. The molecule has 2 rings (SSSR count). The van der Waals surface area contributed by atoms with Crippen LogP contribution in [-0.4, -0.2) is 9.97 Å². The highest BCUT2D eigenvalue weighted by Crippen LogP contribution is 2.25. The lowest BCUT2D eigenvalue weighted by Crippen LogP contribution is -2.02. The normalized spacial score (nSPS) is 10.6. The van der Waals surface area contributed by atoms with E-state index in [1.54, 1.807) is 0 Å². The Morgan fingerprint density at radius 1 is 1.06 bits per heavy atom. The van der Waals surface area contributed by atoms with Gasteiger partial charge in [-0.25, -0.2) is 9.97 Å². The maximum absolute atomic E-state index is 5.95. The molecule has 0 amide bonds. The van der Waals surface area contributed by atoms with Gasteiger partial charge in [0.1, 0.15) is 12.1 Å². The number of nitrogens with two attached hydrogens (primary N) is 1. The van der Waals surface area contributed by atoms with Crippen molar-refractivity contribution in [2.45, 2.75) is 33.1 Å². The Morgan fingerprint density at radius 3 is 2.39 bits per heavy atom. The summed E-state index contributed by atoms with van der Waals surface area (Å²) in [6, 6.07) is 8.51. The second-order valence-corrected chi connectivity index (χ2v) is 4.39. The quantitative estimate of drug-likeness (QED) is 0.894. The third-order valence-corrected chi connectivity index (χ3v) is 3.11. The molecule has 18 heavy (non-hydrogen) atoms. The molecule has 2 aromatic rings. The van der Waals surface area contributed by atoms with Crippen LogP contribution in [0.4, 0.5) is 5.82 Å². The fourth-order valence-corrected chi connectivity index (χ4v) is 2.07. The van der Waals surface area contributed by atoms with Crippen LogP contribution in [0.25, 0.3) is 11.3 Å². The number of nitrogens with zero attached hydrogens (tertiary/aromatic N) is 2. The highest BCUT2D eigenvalue weighted by Gasteiger charge is 2.10. The molecule has 2 N–H and O–H groups in total. The Morgan fingerprint density at radius 2 is 1.78 bits per heavy atom. The van der Waals surface area contributed by atoms with Crippen molar-refractivity contribution in [2.24, 2.45) is 0 Å². The Balaban J connectivity index is 2.45. The van der Waals surface area contributed by atoms with Crippen LogP contribution in [0.5, 0.6) is 0 Å². The maximum Gasteiger partial charge on any atom is 0.130 e. The van der Waals surface area contributed by atoms with Crippen molar-refractivity contribution in [3.8, 4) is 11.3 Å². The summed E-state index contributed by atoms with van der Waals surface area (Å²) in [4.78, 5) is 8.48. The molecule has 0 aliphatic carbocycles. The van der Waals surface area contributed by atoms with E-state index in [0.717, 1.165) is 36.1 Å². The summed E-state index contributed by atoms with van der Waals surface area (Å²) in [6.07, 6.45) is 4.54. The number of hydrogen-bond donors (Lipinski definition) is 1. The first-order valence-corrected chi connectivity index (χ1v) is 6.44. The Hall–Kier alpha value is -1.90. The molecule has 0 unspecified atom stereocenters. The van der Waals surface area contributed by atoms with Gasteiger partial charge in [0, 0.05) is 11.1 Å². The van der Waals surface area contributed by atoms with Gasteiger partial charge in [0.2, 0.25) is 0 Å². The topological polar surface area (TPSA) is 51.8 Å². The summed E-state index contributed by atoms with van der Waals surface area (Å²) >= 11 is 0. The van der Waals surface area contributed by atoms with Crippen molar-refractivity contribution in [1.29, 1.82) is 0 Å². The van der Waals surface area contributed by atoms with E-state index >= 15 is 0 Å². The van der Waals surface area contributed by atoms with Crippen molar-refractivity contribution in [3.05, 3.63) is 41.7 Å². The molecule has 3 heteroatoms. The average Bonchev–Trinajstić information content (AvgIpc) is 2.41. The van der Waals surface area contributed by atoms with Crippen molar-refractivity contribution >= 4 is 5.82 Å². The fraction of sp³-hybridized carbons (Fsp3) is 0.333. The van der Waals surface area contributed by atoms with Gasteiger partial charge < -0.3 is 5.73 Å². The molecule has 0 saturated heterocycles. The molecule has 0 atom stereocenters. The SMILES string of the molecule is CCCc1c(N)ncnc1-c1ccc(CC)cc1. The molecule has 0 radical (unpaired) electrons. The number of anilines is 1. The summed E-state index contributed by atoms with van der Waals surface area (Å²) in [7, 11) is 0. The van der Waals surface area contributed by atoms with Crippen LogP contribution >= 0.6 is 0 Å².